The van der Waals surface area contributed by atoms with E-state index in [0.717, 1.165) is 11.1 Å². The molecular weight excluding hydrogens is 286 g/mol. The quantitative estimate of drug-likeness (QED) is 0.853. The summed E-state index contributed by atoms with van der Waals surface area (Å²) >= 11 is 0. The van der Waals surface area contributed by atoms with Crippen LogP contribution in [0.25, 0.3) is 0 Å². The Hall–Kier alpha value is -1.85. The Morgan fingerprint density at radius 2 is 1.81 bits per heavy atom. The molecule has 2 rings (SSSR count). The summed E-state index contributed by atoms with van der Waals surface area (Å²) in [5.74, 6) is 0.717. The molecule has 0 heterocycles. The normalized spacial score (nSPS) is 11.6. The Bertz CT molecular complexity index is 726. The topological polar surface area (TPSA) is 46.6 Å². The zero-order valence-corrected chi connectivity index (χ0v) is 13.2. The van der Waals surface area contributed by atoms with Crippen molar-refractivity contribution in [3.8, 4) is 5.75 Å². The van der Waals surface area contributed by atoms with Crippen LogP contribution >= 0.6 is 0 Å². The molecule has 0 N–H and O–H groups in total. The van der Waals surface area contributed by atoms with Crippen molar-refractivity contribution >= 4 is 10.0 Å². The third-order valence-corrected chi connectivity index (χ3v) is 5.04. The van der Waals surface area contributed by atoms with Gasteiger partial charge in [-0.3, -0.25) is 0 Å². The van der Waals surface area contributed by atoms with Gasteiger partial charge in [0.05, 0.1) is 12.0 Å². The van der Waals surface area contributed by atoms with E-state index >= 15 is 0 Å². The molecule has 0 aliphatic rings. The molecule has 0 unspecified atom stereocenters. The van der Waals surface area contributed by atoms with Crippen LogP contribution in [0.2, 0.25) is 0 Å². The van der Waals surface area contributed by atoms with E-state index in [1.165, 1.54) is 4.31 Å². The minimum absolute atomic E-state index is 0.299. The first-order valence-corrected chi connectivity index (χ1v) is 8.03. The molecule has 0 radical (unpaired) electrons. The average Bonchev–Trinajstić information content (AvgIpc) is 2.47. The Morgan fingerprint density at radius 1 is 1.10 bits per heavy atom. The number of nitrogens with zero attached hydrogens (tertiary/aromatic N) is 1. The molecule has 5 heteroatoms. The van der Waals surface area contributed by atoms with Gasteiger partial charge in [-0.15, -0.1) is 0 Å². The highest BCUT2D eigenvalue weighted by Crippen LogP contribution is 2.19. The van der Waals surface area contributed by atoms with Crippen LogP contribution in [0.1, 0.15) is 11.1 Å². The lowest BCUT2D eigenvalue weighted by Crippen LogP contribution is -2.26. The second kappa shape index (κ2) is 6.28. The van der Waals surface area contributed by atoms with Gasteiger partial charge < -0.3 is 4.74 Å². The molecule has 0 fully saturated rings. The summed E-state index contributed by atoms with van der Waals surface area (Å²) in [6, 6.07) is 14.3. The summed E-state index contributed by atoms with van der Waals surface area (Å²) in [6.07, 6.45) is 0. The third-order valence-electron chi connectivity index (χ3n) is 3.24. The number of ether oxygens (including phenoxy) is 1. The number of benzene rings is 2. The predicted octanol–water partition coefficient (Wildman–Crippen LogP) is 2.82. The summed E-state index contributed by atoms with van der Waals surface area (Å²) in [7, 11) is -0.317. The lowest BCUT2D eigenvalue weighted by Gasteiger charge is -2.18. The Labute approximate surface area is 126 Å². The fourth-order valence-corrected chi connectivity index (χ4v) is 3.33. The maximum absolute atomic E-state index is 12.5. The minimum atomic E-state index is -3.49. The molecule has 0 amide bonds. The van der Waals surface area contributed by atoms with Crippen LogP contribution in [-0.2, 0) is 16.6 Å². The Kier molecular flexibility index (Phi) is 4.65. The van der Waals surface area contributed by atoms with E-state index in [0.29, 0.717) is 17.2 Å². The van der Waals surface area contributed by atoms with E-state index in [1.54, 1.807) is 32.4 Å². The molecule has 0 bridgehead atoms. The van der Waals surface area contributed by atoms with Gasteiger partial charge in [0.25, 0.3) is 0 Å². The lowest BCUT2D eigenvalue weighted by atomic mass is 10.2. The molecular formula is C16H19NO3S. The summed E-state index contributed by atoms with van der Waals surface area (Å²) in [5, 5.41) is 0. The molecule has 0 aliphatic carbocycles. The lowest BCUT2D eigenvalue weighted by molar-refractivity contribution is 0.412. The first-order valence-electron chi connectivity index (χ1n) is 6.59. The maximum Gasteiger partial charge on any atom is 0.243 e. The van der Waals surface area contributed by atoms with Gasteiger partial charge in [0.1, 0.15) is 5.75 Å². The zero-order chi connectivity index (χ0) is 15.5. The van der Waals surface area contributed by atoms with Crippen molar-refractivity contribution in [2.45, 2.75) is 18.4 Å². The fraction of sp³-hybridized carbons (Fsp3) is 0.250. The van der Waals surface area contributed by atoms with Gasteiger partial charge in [0.15, 0.2) is 0 Å². The minimum Gasteiger partial charge on any atom is -0.497 e. The van der Waals surface area contributed by atoms with Crippen molar-refractivity contribution in [3.63, 3.8) is 0 Å². The second-order valence-corrected chi connectivity index (χ2v) is 6.97. The van der Waals surface area contributed by atoms with Gasteiger partial charge in [-0.05, 0) is 42.3 Å². The van der Waals surface area contributed by atoms with Gasteiger partial charge in [0, 0.05) is 13.6 Å². The van der Waals surface area contributed by atoms with Gasteiger partial charge in [-0.1, -0.05) is 24.3 Å². The molecule has 4 nitrogen and oxygen atoms in total. The molecule has 0 saturated heterocycles. The molecule has 21 heavy (non-hydrogen) atoms. The maximum atomic E-state index is 12.5. The van der Waals surface area contributed by atoms with Crippen LogP contribution in [-0.4, -0.2) is 26.9 Å². The molecule has 0 saturated carbocycles. The number of hydrogen-bond acceptors (Lipinski definition) is 3. The van der Waals surface area contributed by atoms with Crippen LogP contribution in [0.5, 0.6) is 5.75 Å². The zero-order valence-electron chi connectivity index (χ0n) is 12.4. The highest BCUT2D eigenvalue weighted by Gasteiger charge is 2.20. The van der Waals surface area contributed by atoms with E-state index in [2.05, 4.69) is 0 Å². The summed E-state index contributed by atoms with van der Waals surface area (Å²) in [5.41, 5.74) is 1.80. The first kappa shape index (κ1) is 15.5. The molecule has 0 atom stereocenters. The molecule has 2 aromatic rings. The van der Waals surface area contributed by atoms with Crippen LogP contribution in [0, 0.1) is 6.92 Å². The van der Waals surface area contributed by atoms with E-state index in [1.807, 2.05) is 37.3 Å². The van der Waals surface area contributed by atoms with Gasteiger partial charge in [0.2, 0.25) is 10.0 Å². The highest BCUT2D eigenvalue weighted by atomic mass is 32.2. The van der Waals surface area contributed by atoms with Crippen LogP contribution in [0.3, 0.4) is 0 Å². The number of rotatable bonds is 5. The van der Waals surface area contributed by atoms with Crippen molar-refractivity contribution < 1.29 is 13.2 Å². The van der Waals surface area contributed by atoms with Gasteiger partial charge >= 0.3 is 0 Å². The first-order chi connectivity index (χ1) is 9.93. The molecule has 112 valence electrons. The SMILES string of the molecule is COc1cccc(CN(C)S(=O)(=O)c2cccc(C)c2)c1. The molecule has 0 aromatic heterocycles. The van der Waals surface area contributed by atoms with Crippen molar-refractivity contribution in [1.29, 1.82) is 0 Å². The smallest absolute Gasteiger partial charge is 0.243 e. The summed E-state index contributed by atoms with van der Waals surface area (Å²) in [6.45, 7) is 2.18. The molecule has 0 aliphatic heterocycles. The van der Waals surface area contributed by atoms with Crippen molar-refractivity contribution in [3.05, 3.63) is 59.7 Å². The number of sulfonamides is 1. The van der Waals surface area contributed by atoms with Crippen molar-refractivity contribution in [2.24, 2.45) is 0 Å². The highest BCUT2D eigenvalue weighted by molar-refractivity contribution is 7.89. The Morgan fingerprint density at radius 3 is 2.48 bits per heavy atom. The monoisotopic (exact) mass is 305 g/mol. The molecule has 2 aromatic carbocycles. The van der Waals surface area contributed by atoms with Crippen LogP contribution < -0.4 is 4.74 Å². The van der Waals surface area contributed by atoms with Crippen molar-refractivity contribution in [1.82, 2.24) is 4.31 Å². The summed E-state index contributed by atoms with van der Waals surface area (Å²) < 4.78 is 31.6. The number of methoxy groups -OCH3 is 1. The summed E-state index contributed by atoms with van der Waals surface area (Å²) in [4.78, 5) is 0.313. The van der Waals surface area contributed by atoms with Gasteiger partial charge in [-0.25, -0.2) is 8.42 Å². The molecule has 0 spiro atoms. The standard InChI is InChI=1S/C16H19NO3S/c1-13-6-4-9-16(10-13)21(18,19)17(2)12-14-7-5-8-15(11-14)20-3/h4-11H,12H2,1-3H3. The second-order valence-electron chi connectivity index (χ2n) is 4.93. The van der Waals surface area contributed by atoms with E-state index in [4.69, 9.17) is 4.74 Å². The average molecular weight is 305 g/mol. The van der Waals surface area contributed by atoms with Crippen LogP contribution in [0.4, 0.5) is 0 Å². The van der Waals surface area contributed by atoms with Crippen molar-refractivity contribution in [2.75, 3.05) is 14.2 Å². The van der Waals surface area contributed by atoms with E-state index in [9.17, 15) is 8.42 Å². The van der Waals surface area contributed by atoms with Gasteiger partial charge in [-0.2, -0.15) is 4.31 Å². The number of hydrogen-bond donors (Lipinski definition) is 0. The fourth-order valence-electron chi connectivity index (χ4n) is 2.07. The van der Waals surface area contributed by atoms with E-state index in [-0.39, 0.29) is 0 Å². The predicted molar refractivity (Wildman–Crippen MR) is 82.8 cm³/mol. The number of aryl methyl sites for hydroxylation is 1. The van der Waals surface area contributed by atoms with E-state index < -0.39 is 10.0 Å². The largest absolute Gasteiger partial charge is 0.497 e. The Balaban J connectivity index is 2.24. The third kappa shape index (κ3) is 3.62. The van der Waals surface area contributed by atoms with Crippen LogP contribution in [0.15, 0.2) is 53.4 Å².